The molecule has 4 heteroatoms. The van der Waals surface area contributed by atoms with E-state index in [1.165, 1.54) is 0 Å². The van der Waals surface area contributed by atoms with Crippen LogP contribution in [-0.4, -0.2) is 24.3 Å². The largest absolute Gasteiger partial charge is 0.492 e. The van der Waals surface area contributed by atoms with Gasteiger partial charge in [-0.1, -0.05) is 6.92 Å². The summed E-state index contributed by atoms with van der Waals surface area (Å²) in [5.41, 5.74) is 7.35. The van der Waals surface area contributed by atoms with Crippen molar-refractivity contribution in [1.29, 1.82) is 0 Å². The zero-order valence-electron chi connectivity index (χ0n) is 12.5. The standard InChI is InChI=1S/C16H26N2O2/c1-3-5-20-15-9-13(10-18-11-15)16(17)8-12-6-14(7-12)19-4-2/h9-12,14,16H,3-8,17H2,1-2H3. The zero-order chi connectivity index (χ0) is 14.4. The Kier molecular flexibility index (Phi) is 5.80. The summed E-state index contributed by atoms with van der Waals surface area (Å²) in [5, 5.41) is 0. The van der Waals surface area contributed by atoms with E-state index in [1.54, 1.807) is 6.20 Å². The van der Waals surface area contributed by atoms with Gasteiger partial charge in [0.25, 0.3) is 0 Å². The molecule has 0 radical (unpaired) electrons. The van der Waals surface area contributed by atoms with Gasteiger partial charge in [0.15, 0.2) is 0 Å². The topological polar surface area (TPSA) is 57.4 Å². The van der Waals surface area contributed by atoms with Crippen molar-refractivity contribution in [3.8, 4) is 5.75 Å². The molecule has 20 heavy (non-hydrogen) atoms. The number of aromatic nitrogens is 1. The second-order valence-corrected chi connectivity index (χ2v) is 5.56. The smallest absolute Gasteiger partial charge is 0.137 e. The van der Waals surface area contributed by atoms with E-state index in [0.29, 0.717) is 12.0 Å². The molecule has 1 saturated carbocycles. The minimum Gasteiger partial charge on any atom is -0.492 e. The number of hydrogen-bond donors (Lipinski definition) is 1. The van der Waals surface area contributed by atoms with Gasteiger partial charge < -0.3 is 15.2 Å². The fourth-order valence-electron chi connectivity index (χ4n) is 2.67. The molecule has 0 aromatic carbocycles. The molecule has 1 unspecified atom stereocenters. The summed E-state index contributed by atoms with van der Waals surface area (Å²) in [4.78, 5) is 4.22. The van der Waals surface area contributed by atoms with Crippen molar-refractivity contribution in [3.05, 3.63) is 24.0 Å². The Morgan fingerprint density at radius 2 is 2.15 bits per heavy atom. The lowest BCUT2D eigenvalue weighted by Crippen LogP contribution is -2.33. The molecule has 1 aliphatic carbocycles. The first-order chi connectivity index (χ1) is 9.72. The second kappa shape index (κ2) is 7.60. The van der Waals surface area contributed by atoms with E-state index in [1.807, 2.05) is 19.2 Å². The van der Waals surface area contributed by atoms with Crippen LogP contribution in [0.1, 0.15) is 51.1 Å². The minimum absolute atomic E-state index is 0.0419. The molecule has 0 amide bonds. The molecular weight excluding hydrogens is 252 g/mol. The molecule has 2 rings (SSSR count). The summed E-state index contributed by atoms with van der Waals surface area (Å²) in [6.07, 6.45) is 8.33. The predicted octanol–water partition coefficient (Wildman–Crippen LogP) is 3.08. The summed E-state index contributed by atoms with van der Waals surface area (Å²) < 4.78 is 11.2. The Hall–Kier alpha value is -1.13. The van der Waals surface area contributed by atoms with Crippen molar-refractivity contribution in [2.75, 3.05) is 13.2 Å². The summed E-state index contributed by atoms with van der Waals surface area (Å²) in [7, 11) is 0. The van der Waals surface area contributed by atoms with E-state index < -0.39 is 0 Å². The molecule has 1 aromatic heterocycles. The third kappa shape index (κ3) is 4.18. The fourth-order valence-corrected chi connectivity index (χ4v) is 2.67. The SMILES string of the molecule is CCCOc1cncc(C(N)CC2CC(OCC)C2)c1. The number of ether oxygens (including phenoxy) is 2. The molecule has 1 fully saturated rings. The van der Waals surface area contributed by atoms with Gasteiger partial charge in [0, 0.05) is 18.8 Å². The number of nitrogens with zero attached hydrogens (tertiary/aromatic N) is 1. The summed E-state index contributed by atoms with van der Waals surface area (Å²) in [5.74, 6) is 1.50. The van der Waals surface area contributed by atoms with Gasteiger partial charge in [-0.3, -0.25) is 4.98 Å². The first kappa shape index (κ1) is 15.3. The second-order valence-electron chi connectivity index (χ2n) is 5.56. The van der Waals surface area contributed by atoms with Gasteiger partial charge in [0.2, 0.25) is 0 Å². The average molecular weight is 278 g/mol. The maximum absolute atomic E-state index is 6.29. The van der Waals surface area contributed by atoms with Crippen LogP contribution in [0.2, 0.25) is 0 Å². The highest BCUT2D eigenvalue weighted by atomic mass is 16.5. The zero-order valence-corrected chi connectivity index (χ0v) is 12.5. The fraction of sp³-hybridized carbons (Fsp3) is 0.688. The summed E-state index contributed by atoms with van der Waals surface area (Å²) in [6.45, 7) is 5.67. The van der Waals surface area contributed by atoms with Gasteiger partial charge in [-0.2, -0.15) is 0 Å². The quantitative estimate of drug-likeness (QED) is 0.794. The van der Waals surface area contributed by atoms with E-state index >= 15 is 0 Å². The maximum Gasteiger partial charge on any atom is 0.137 e. The highest BCUT2D eigenvalue weighted by Crippen LogP contribution is 2.36. The Bertz CT molecular complexity index is 405. The van der Waals surface area contributed by atoms with Crippen LogP contribution in [-0.2, 0) is 4.74 Å². The Morgan fingerprint density at radius 1 is 1.35 bits per heavy atom. The molecule has 0 spiro atoms. The summed E-state index contributed by atoms with van der Waals surface area (Å²) >= 11 is 0. The monoisotopic (exact) mass is 278 g/mol. The molecular formula is C16H26N2O2. The molecule has 0 saturated heterocycles. The lowest BCUT2D eigenvalue weighted by molar-refractivity contribution is -0.0282. The Labute approximate surface area is 121 Å². The molecule has 0 aliphatic heterocycles. The number of nitrogens with two attached hydrogens (primary N) is 1. The lowest BCUT2D eigenvalue weighted by Gasteiger charge is -2.36. The normalized spacial score (nSPS) is 23.1. The highest BCUT2D eigenvalue weighted by Gasteiger charge is 2.30. The van der Waals surface area contributed by atoms with E-state index in [2.05, 4.69) is 11.9 Å². The average Bonchev–Trinajstić information content (AvgIpc) is 2.43. The molecule has 1 aliphatic rings. The molecule has 4 nitrogen and oxygen atoms in total. The third-order valence-electron chi connectivity index (χ3n) is 3.82. The third-order valence-corrected chi connectivity index (χ3v) is 3.82. The van der Waals surface area contributed by atoms with Crippen molar-refractivity contribution in [1.82, 2.24) is 4.98 Å². The number of pyridine rings is 1. The first-order valence-corrected chi connectivity index (χ1v) is 7.67. The number of rotatable bonds is 8. The van der Waals surface area contributed by atoms with Crippen LogP contribution in [0.5, 0.6) is 5.75 Å². The minimum atomic E-state index is 0.0419. The van der Waals surface area contributed by atoms with Crippen LogP contribution in [0, 0.1) is 5.92 Å². The van der Waals surface area contributed by atoms with Crippen LogP contribution in [0.4, 0.5) is 0 Å². The molecule has 2 N–H and O–H groups in total. The predicted molar refractivity (Wildman–Crippen MR) is 79.7 cm³/mol. The van der Waals surface area contributed by atoms with Gasteiger partial charge in [-0.15, -0.1) is 0 Å². The van der Waals surface area contributed by atoms with Crippen LogP contribution in [0.25, 0.3) is 0 Å². The van der Waals surface area contributed by atoms with Crippen molar-refractivity contribution in [2.24, 2.45) is 11.7 Å². The van der Waals surface area contributed by atoms with Crippen molar-refractivity contribution < 1.29 is 9.47 Å². The van der Waals surface area contributed by atoms with E-state index in [0.717, 1.165) is 50.2 Å². The van der Waals surface area contributed by atoms with Crippen LogP contribution < -0.4 is 10.5 Å². The number of hydrogen-bond acceptors (Lipinski definition) is 4. The van der Waals surface area contributed by atoms with Gasteiger partial charge in [-0.05, 0) is 50.2 Å². The van der Waals surface area contributed by atoms with Crippen molar-refractivity contribution in [3.63, 3.8) is 0 Å². The molecule has 112 valence electrons. The van der Waals surface area contributed by atoms with Crippen molar-refractivity contribution >= 4 is 0 Å². The van der Waals surface area contributed by atoms with Crippen LogP contribution in [0.3, 0.4) is 0 Å². The van der Waals surface area contributed by atoms with E-state index in [-0.39, 0.29) is 6.04 Å². The van der Waals surface area contributed by atoms with Gasteiger partial charge in [0.1, 0.15) is 5.75 Å². The Morgan fingerprint density at radius 3 is 2.85 bits per heavy atom. The lowest BCUT2D eigenvalue weighted by atomic mass is 9.77. The highest BCUT2D eigenvalue weighted by molar-refractivity contribution is 5.25. The van der Waals surface area contributed by atoms with Gasteiger partial charge in [-0.25, -0.2) is 0 Å². The van der Waals surface area contributed by atoms with Gasteiger partial charge in [0.05, 0.1) is 18.9 Å². The Balaban J connectivity index is 1.82. The van der Waals surface area contributed by atoms with Crippen LogP contribution in [0.15, 0.2) is 18.5 Å². The molecule has 1 heterocycles. The molecule has 1 atom stereocenters. The maximum atomic E-state index is 6.29. The summed E-state index contributed by atoms with van der Waals surface area (Å²) in [6, 6.07) is 2.06. The molecule has 1 aromatic rings. The van der Waals surface area contributed by atoms with Gasteiger partial charge >= 0.3 is 0 Å². The first-order valence-electron chi connectivity index (χ1n) is 7.67. The van der Waals surface area contributed by atoms with Crippen LogP contribution >= 0.6 is 0 Å². The van der Waals surface area contributed by atoms with E-state index in [4.69, 9.17) is 15.2 Å². The molecule has 0 bridgehead atoms. The van der Waals surface area contributed by atoms with E-state index in [9.17, 15) is 0 Å². The van der Waals surface area contributed by atoms with Crippen molar-refractivity contribution in [2.45, 2.75) is 51.7 Å².